The van der Waals surface area contributed by atoms with Crippen molar-refractivity contribution in [3.8, 4) is 0 Å². The van der Waals surface area contributed by atoms with Crippen LogP contribution in [-0.2, 0) is 4.79 Å². The molecular weight excluding hydrogens is 343 g/mol. The van der Waals surface area contributed by atoms with E-state index in [0.717, 1.165) is 5.56 Å². The minimum absolute atomic E-state index is 0.0688. The first-order valence-electron chi connectivity index (χ1n) is 8.23. The molecule has 7 heteroatoms. The van der Waals surface area contributed by atoms with Crippen LogP contribution in [-0.4, -0.2) is 30.5 Å². The predicted molar refractivity (Wildman–Crippen MR) is 94.1 cm³/mol. The molecule has 0 saturated carbocycles. The van der Waals surface area contributed by atoms with Crippen LogP contribution in [0.25, 0.3) is 0 Å². The summed E-state index contributed by atoms with van der Waals surface area (Å²) in [5.41, 5.74) is 8.48. The Hall–Kier alpha value is -2.67. The zero-order chi connectivity index (χ0) is 18.7. The molecule has 1 heterocycles. The van der Waals surface area contributed by atoms with Gasteiger partial charge in [-0.2, -0.15) is 13.2 Å². The van der Waals surface area contributed by atoms with Crippen LogP contribution in [0.3, 0.4) is 0 Å². The highest BCUT2D eigenvalue weighted by Crippen LogP contribution is 2.29. The molecule has 26 heavy (non-hydrogen) atoms. The van der Waals surface area contributed by atoms with Gasteiger partial charge in [-0.05, 0) is 12.5 Å². The smallest absolute Gasteiger partial charge is 0.309 e. The molecule has 2 aromatic carbocycles. The van der Waals surface area contributed by atoms with Crippen molar-refractivity contribution in [3.05, 3.63) is 65.7 Å². The SMILES string of the molecule is NC1N=C(c2ccccc2)c2ccccc2N(CCCC(F)(F)F)C1=O. The standard InChI is InChI=1S/C19H18F3N3O/c20-19(21,22)11-6-12-25-15-10-5-4-9-14(15)16(24-17(23)18(25)26)13-7-2-1-3-8-13/h1-5,7-10,17H,6,11-12,23H2. The van der Waals surface area contributed by atoms with Crippen molar-refractivity contribution in [2.24, 2.45) is 10.7 Å². The van der Waals surface area contributed by atoms with Crippen LogP contribution in [0.15, 0.2) is 59.6 Å². The molecule has 2 aromatic rings. The van der Waals surface area contributed by atoms with Crippen molar-refractivity contribution < 1.29 is 18.0 Å². The number of hydrogen-bond donors (Lipinski definition) is 1. The number of amides is 1. The molecule has 0 radical (unpaired) electrons. The van der Waals surface area contributed by atoms with Crippen molar-refractivity contribution >= 4 is 17.3 Å². The van der Waals surface area contributed by atoms with Gasteiger partial charge >= 0.3 is 6.18 Å². The Morgan fingerprint density at radius 1 is 1.04 bits per heavy atom. The van der Waals surface area contributed by atoms with Gasteiger partial charge in [0, 0.05) is 24.1 Å². The first kappa shape index (κ1) is 18.1. The molecule has 1 atom stereocenters. The van der Waals surface area contributed by atoms with E-state index in [9.17, 15) is 18.0 Å². The topological polar surface area (TPSA) is 58.7 Å². The lowest BCUT2D eigenvalue weighted by Crippen LogP contribution is -2.43. The molecule has 0 aromatic heterocycles. The molecule has 1 aliphatic heterocycles. The highest BCUT2D eigenvalue weighted by molar-refractivity contribution is 6.20. The van der Waals surface area contributed by atoms with Gasteiger partial charge in [0.2, 0.25) is 0 Å². The van der Waals surface area contributed by atoms with Gasteiger partial charge in [0.1, 0.15) is 0 Å². The summed E-state index contributed by atoms with van der Waals surface area (Å²) in [6.07, 6.45) is -6.58. The number of aliphatic imine (C=N–C) groups is 1. The number of fused-ring (bicyclic) bond motifs is 1. The predicted octanol–water partition coefficient (Wildman–Crippen LogP) is 3.50. The maximum Gasteiger partial charge on any atom is 0.389 e. The number of alkyl halides is 3. The lowest BCUT2D eigenvalue weighted by atomic mass is 10.00. The Balaban J connectivity index is 1.99. The Kier molecular flexibility index (Phi) is 5.08. The van der Waals surface area contributed by atoms with Gasteiger partial charge in [-0.3, -0.25) is 9.79 Å². The van der Waals surface area contributed by atoms with E-state index in [2.05, 4.69) is 4.99 Å². The molecular formula is C19H18F3N3O. The molecule has 0 aliphatic carbocycles. The monoisotopic (exact) mass is 361 g/mol. The Labute approximate surface area is 149 Å². The fraction of sp³-hybridized carbons (Fsp3) is 0.263. The van der Waals surface area contributed by atoms with Crippen molar-refractivity contribution in [1.29, 1.82) is 0 Å². The van der Waals surface area contributed by atoms with Crippen molar-refractivity contribution in [2.45, 2.75) is 25.2 Å². The fourth-order valence-corrected chi connectivity index (χ4v) is 2.95. The van der Waals surface area contributed by atoms with Crippen LogP contribution in [0.5, 0.6) is 0 Å². The summed E-state index contributed by atoms with van der Waals surface area (Å²) in [7, 11) is 0. The van der Waals surface area contributed by atoms with Crippen LogP contribution < -0.4 is 10.6 Å². The largest absolute Gasteiger partial charge is 0.389 e. The Morgan fingerprint density at radius 2 is 1.69 bits per heavy atom. The molecule has 0 spiro atoms. The summed E-state index contributed by atoms with van der Waals surface area (Å²) in [4.78, 5) is 18.3. The summed E-state index contributed by atoms with van der Waals surface area (Å²) < 4.78 is 37.5. The van der Waals surface area contributed by atoms with Crippen LogP contribution in [0.4, 0.5) is 18.9 Å². The van der Waals surface area contributed by atoms with E-state index in [4.69, 9.17) is 5.73 Å². The summed E-state index contributed by atoms with van der Waals surface area (Å²) in [6, 6.07) is 16.3. The maximum atomic E-state index is 12.7. The van der Waals surface area contributed by atoms with Crippen molar-refractivity contribution in [3.63, 3.8) is 0 Å². The molecule has 0 saturated heterocycles. The average molecular weight is 361 g/mol. The van der Waals surface area contributed by atoms with Gasteiger partial charge in [0.15, 0.2) is 6.17 Å². The first-order valence-corrected chi connectivity index (χ1v) is 8.23. The number of benzene rings is 2. The fourth-order valence-electron chi connectivity index (χ4n) is 2.95. The van der Waals surface area contributed by atoms with E-state index < -0.39 is 24.7 Å². The molecule has 2 N–H and O–H groups in total. The normalized spacial score (nSPS) is 17.5. The lowest BCUT2D eigenvalue weighted by molar-refractivity contribution is -0.135. The van der Waals surface area contributed by atoms with Gasteiger partial charge < -0.3 is 10.6 Å². The second-order valence-electron chi connectivity index (χ2n) is 6.01. The third-order valence-electron chi connectivity index (χ3n) is 4.13. The van der Waals surface area contributed by atoms with Crippen LogP contribution in [0.1, 0.15) is 24.0 Å². The summed E-state index contributed by atoms with van der Waals surface area (Å²) >= 11 is 0. The number of hydrogen-bond acceptors (Lipinski definition) is 3. The maximum absolute atomic E-state index is 12.7. The number of carbonyl (C=O) groups excluding carboxylic acids is 1. The summed E-state index contributed by atoms with van der Waals surface area (Å²) in [5, 5.41) is 0. The van der Waals surface area contributed by atoms with Crippen molar-refractivity contribution in [1.82, 2.24) is 0 Å². The van der Waals surface area contributed by atoms with Crippen molar-refractivity contribution in [2.75, 3.05) is 11.4 Å². The number of nitrogens with zero attached hydrogens (tertiary/aromatic N) is 2. The van der Waals surface area contributed by atoms with Crippen LogP contribution in [0, 0.1) is 0 Å². The third kappa shape index (κ3) is 3.94. The van der Waals surface area contributed by atoms with Gasteiger partial charge in [-0.1, -0.05) is 48.5 Å². The van der Waals surface area contributed by atoms with E-state index in [0.29, 0.717) is 17.0 Å². The second kappa shape index (κ2) is 7.29. The van der Waals surface area contributed by atoms with E-state index >= 15 is 0 Å². The number of rotatable bonds is 4. The summed E-state index contributed by atoms with van der Waals surface area (Å²) in [5.74, 6) is -0.509. The van der Waals surface area contributed by atoms with E-state index in [-0.39, 0.29) is 13.0 Å². The zero-order valence-corrected chi connectivity index (χ0v) is 13.9. The molecule has 3 rings (SSSR count). The van der Waals surface area contributed by atoms with E-state index in [1.807, 2.05) is 30.3 Å². The number of halogens is 3. The Morgan fingerprint density at radius 3 is 2.38 bits per heavy atom. The molecule has 1 aliphatic rings. The van der Waals surface area contributed by atoms with E-state index in [1.165, 1.54) is 4.90 Å². The van der Waals surface area contributed by atoms with Gasteiger partial charge in [0.25, 0.3) is 5.91 Å². The number of benzodiazepines with no additional fused rings is 1. The zero-order valence-electron chi connectivity index (χ0n) is 13.9. The number of carbonyl (C=O) groups is 1. The molecule has 1 unspecified atom stereocenters. The van der Waals surface area contributed by atoms with Gasteiger partial charge in [0.05, 0.1) is 11.4 Å². The highest BCUT2D eigenvalue weighted by Gasteiger charge is 2.31. The minimum atomic E-state index is -4.26. The molecule has 1 amide bonds. The summed E-state index contributed by atoms with van der Waals surface area (Å²) in [6.45, 7) is -0.0688. The first-order chi connectivity index (χ1) is 12.4. The highest BCUT2D eigenvalue weighted by atomic mass is 19.4. The molecule has 0 fully saturated rings. The minimum Gasteiger partial charge on any atom is -0.309 e. The number of nitrogens with two attached hydrogens (primary N) is 1. The lowest BCUT2D eigenvalue weighted by Gasteiger charge is -2.24. The number of anilines is 1. The average Bonchev–Trinajstić information content (AvgIpc) is 2.72. The quantitative estimate of drug-likeness (QED) is 0.906. The molecule has 0 bridgehead atoms. The van der Waals surface area contributed by atoms with Crippen LogP contribution in [0.2, 0.25) is 0 Å². The number of para-hydroxylation sites is 1. The van der Waals surface area contributed by atoms with Gasteiger partial charge in [-0.15, -0.1) is 0 Å². The molecule has 4 nitrogen and oxygen atoms in total. The molecule has 136 valence electrons. The van der Waals surface area contributed by atoms with Gasteiger partial charge in [-0.25, -0.2) is 0 Å². The second-order valence-corrected chi connectivity index (χ2v) is 6.01. The van der Waals surface area contributed by atoms with Crippen LogP contribution >= 0.6 is 0 Å². The Bertz CT molecular complexity index is 818. The third-order valence-corrected chi connectivity index (χ3v) is 4.13. The van der Waals surface area contributed by atoms with E-state index in [1.54, 1.807) is 24.3 Å².